The summed E-state index contributed by atoms with van der Waals surface area (Å²) in [5, 5.41) is 3.44. The zero-order chi connectivity index (χ0) is 7.40. The van der Waals surface area contributed by atoms with E-state index in [1.807, 2.05) is 0 Å². The van der Waals surface area contributed by atoms with E-state index < -0.39 is 0 Å². The molecule has 1 aliphatic rings. The maximum absolute atomic E-state index is 5.08. The van der Waals surface area contributed by atoms with Crippen molar-refractivity contribution < 1.29 is 4.74 Å². The number of rotatable bonds is 2. The van der Waals surface area contributed by atoms with E-state index in [9.17, 15) is 0 Å². The molecule has 0 bridgehead atoms. The summed E-state index contributed by atoms with van der Waals surface area (Å²) < 4.78 is 5.08. The molecule has 1 heterocycles. The summed E-state index contributed by atoms with van der Waals surface area (Å²) in [6.45, 7) is 4.29. The third-order valence-electron chi connectivity index (χ3n) is 2.17. The molecular formula is C8H17NO. The van der Waals surface area contributed by atoms with Crippen LogP contribution in [0.4, 0.5) is 0 Å². The number of methoxy groups -OCH3 is 1. The smallest absolute Gasteiger partial charge is 0.0502 e. The summed E-state index contributed by atoms with van der Waals surface area (Å²) in [6.07, 6.45) is 2.62. The molecule has 0 spiro atoms. The van der Waals surface area contributed by atoms with Gasteiger partial charge in [0, 0.05) is 19.7 Å². The molecule has 0 unspecified atom stereocenters. The number of hydrogen-bond acceptors (Lipinski definition) is 2. The Hall–Kier alpha value is -0.0800. The van der Waals surface area contributed by atoms with E-state index in [0.717, 1.165) is 19.1 Å². The zero-order valence-corrected chi connectivity index (χ0v) is 6.89. The van der Waals surface area contributed by atoms with Crippen LogP contribution in [-0.2, 0) is 4.74 Å². The van der Waals surface area contributed by atoms with Crippen molar-refractivity contribution in [1.82, 2.24) is 5.32 Å². The lowest BCUT2D eigenvalue weighted by atomic mass is 9.96. The zero-order valence-electron chi connectivity index (χ0n) is 6.89. The van der Waals surface area contributed by atoms with Gasteiger partial charge in [-0.1, -0.05) is 0 Å². The highest BCUT2D eigenvalue weighted by Crippen LogP contribution is 2.13. The largest absolute Gasteiger partial charge is 0.384 e. The summed E-state index contributed by atoms with van der Waals surface area (Å²) >= 11 is 0. The highest BCUT2D eigenvalue weighted by molar-refractivity contribution is 4.73. The van der Waals surface area contributed by atoms with Gasteiger partial charge in [-0.05, 0) is 25.7 Å². The minimum atomic E-state index is 0.716. The van der Waals surface area contributed by atoms with Crippen LogP contribution in [0.2, 0.25) is 0 Å². The van der Waals surface area contributed by atoms with E-state index in [1.165, 1.54) is 12.8 Å². The van der Waals surface area contributed by atoms with E-state index >= 15 is 0 Å². The SMILES string of the molecule is COC[C@@H]1CC[C@H](C)NC1. The second-order valence-corrected chi connectivity index (χ2v) is 3.21. The van der Waals surface area contributed by atoms with Gasteiger partial charge in [0.15, 0.2) is 0 Å². The van der Waals surface area contributed by atoms with Gasteiger partial charge in [0.25, 0.3) is 0 Å². The Balaban J connectivity index is 2.13. The van der Waals surface area contributed by atoms with Crippen LogP contribution < -0.4 is 5.32 Å². The van der Waals surface area contributed by atoms with Gasteiger partial charge in [0.1, 0.15) is 0 Å². The normalized spacial score (nSPS) is 34.2. The van der Waals surface area contributed by atoms with Crippen molar-refractivity contribution in [2.24, 2.45) is 5.92 Å². The van der Waals surface area contributed by atoms with Crippen LogP contribution in [-0.4, -0.2) is 26.3 Å². The number of ether oxygens (including phenoxy) is 1. The molecule has 1 saturated heterocycles. The quantitative estimate of drug-likeness (QED) is 0.623. The lowest BCUT2D eigenvalue weighted by Crippen LogP contribution is -2.38. The molecule has 0 aromatic carbocycles. The Labute approximate surface area is 63.0 Å². The Morgan fingerprint density at radius 3 is 2.80 bits per heavy atom. The van der Waals surface area contributed by atoms with Crippen LogP contribution in [0.15, 0.2) is 0 Å². The average molecular weight is 143 g/mol. The minimum absolute atomic E-state index is 0.716. The predicted molar refractivity (Wildman–Crippen MR) is 42.1 cm³/mol. The van der Waals surface area contributed by atoms with Crippen LogP contribution in [0.25, 0.3) is 0 Å². The summed E-state index contributed by atoms with van der Waals surface area (Å²) in [7, 11) is 1.78. The molecule has 0 radical (unpaired) electrons. The summed E-state index contributed by atoms with van der Waals surface area (Å²) in [6, 6.07) is 0.716. The van der Waals surface area contributed by atoms with Gasteiger partial charge >= 0.3 is 0 Å². The van der Waals surface area contributed by atoms with Crippen molar-refractivity contribution in [3.05, 3.63) is 0 Å². The van der Waals surface area contributed by atoms with Crippen molar-refractivity contribution in [3.8, 4) is 0 Å². The van der Waals surface area contributed by atoms with Gasteiger partial charge in [0.05, 0.1) is 6.61 Å². The van der Waals surface area contributed by atoms with Crippen molar-refractivity contribution >= 4 is 0 Å². The lowest BCUT2D eigenvalue weighted by molar-refractivity contribution is 0.131. The Kier molecular flexibility index (Phi) is 3.16. The Bertz CT molecular complexity index is 87.3. The van der Waals surface area contributed by atoms with Gasteiger partial charge < -0.3 is 10.1 Å². The molecular weight excluding hydrogens is 126 g/mol. The van der Waals surface area contributed by atoms with E-state index in [-0.39, 0.29) is 0 Å². The van der Waals surface area contributed by atoms with Crippen molar-refractivity contribution in [1.29, 1.82) is 0 Å². The second-order valence-electron chi connectivity index (χ2n) is 3.21. The molecule has 1 rings (SSSR count). The maximum atomic E-state index is 5.08. The number of nitrogens with one attached hydrogen (secondary N) is 1. The van der Waals surface area contributed by atoms with Gasteiger partial charge in [-0.3, -0.25) is 0 Å². The maximum Gasteiger partial charge on any atom is 0.0502 e. The number of hydrogen-bond donors (Lipinski definition) is 1. The standard InChI is InChI=1S/C8H17NO/c1-7-3-4-8(5-9-7)6-10-2/h7-9H,3-6H2,1-2H3/t7-,8+/m0/s1. The van der Waals surface area contributed by atoms with Gasteiger partial charge in [0.2, 0.25) is 0 Å². The average Bonchev–Trinajstić information content (AvgIpc) is 1.95. The summed E-state index contributed by atoms with van der Waals surface area (Å²) in [5.74, 6) is 0.751. The van der Waals surface area contributed by atoms with Gasteiger partial charge in [-0.15, -0.1) is 0 Å². The summed E-state index contributed by atoms with van der Waals surface area (Å²) in [4.78, 5) is 0. The molecule has 10 heavy (non-hydrogen) atoms. The molecule has 0 amide bonds. The molecule has 2 nitrogen and oxygen atoms in total. The van der Waals surface area contributed by atoms with Crippen molar-refractivity contribution in [2.45, 2.75) is 25.8 Å². The minimum Gasteiger partial charge on any atom is -0.384 e. The van der Waals surface area contributed by atoms with E-state index in [0.29, 0.717) is 6.04 Å². The van der Waals surface area contributed by atoms with Crippen LogP contribution in [0.3, 0.4) is 0 Å². The van der Waals surface area contributed by atoms with E-state index in [4.69, 9.17) is 4.74 Å². The third-order valence-corrected chi connectivity index (χ3v) is 2.17. The monoisotopic (exact) mass is 143 g/mol. The summed E-state index contributed by atoms with van der Waals surface area (Å²) in [5.41, 5.74) is 0. The van der Waals surface area contributed by atoms with E-state index in [1.54, 1.807) is 7.11 Å². The third kappa shape index (κ3) is 2.27. The fraction of sp³-hybridized carbons (Fsp3) is 1.00. The molecule has 1 aliphatic heterocycles. The second kappa shape index (κ2) is 3.94. The molecule has 0 aromatic rings. The molecule has 0 saturated carbocycles. The van der Waals surface area contributed by atoms with Gasteiger partial charge in [-0.2, -0.15) is 0 Å². The Morgan fingerprint density at radius 1 is 1.50 bits per heavy atom. The first-order valence-corrected chi connectivity index (χ1v) is 4.05. The van der Waals surface area contributed by atoms with Gasteiger partial charge in [-0.25, -0.2) is 0 Å². The Morgan fingerprint density at radius 2 is 2.30 bits per heavy atom. The fourth-order valence-corrected chi connectivity index (χ4v) is 1.44. The molecule has 1 N–H and O–H groups in total. The molecule has 2 atom stereocenters. The molecule has 60 valence electrons. The molecule has 0 aromatic heterocycles. The highest BCUT2D eigenvalue weighted by atomic mass is 16.5. The predicted octanol–water partition coefficient (Wildman–Crippen LogP) is 1.02. The van der Waals surface area contributed by atoms with Crippen LogP contribution in [0.1, 0.15) is 19.8 Å². The topological polar surface area (TPSA) is 21.3 Å². The van der Waals surface area contributed by atoms with Crippen molar-refractivity contribution in [2.75, 3.05) is 20.3 Å². The fourth-order valence-electron chi connectivity index (χ4n) is 1.44. The molecule has 2 heteroatoms. The first-order chi connectivity index (χ1) is 4.83. The van der Waals surface area contributed by atoms with Crippen LogP contribution in [0.5, 0.6) is 0 Å². The highest BCUT2D eigenvalue weighted by Gasteiger charge is 2.16. The molecule has 1 fully saturated rings. The first-order valence-electron chi connectivity index (χ1n) is 4.05. The molecule has 0 aliphatic carbocycles. The number of piperidine rings is 1. The van der Waals surface area contributed by atoms with E-state index in [2.05, 4.69) is 12.2 Å². The van der Waals surface area contributed by atoms with Crippen molar-refractivity contribution in [3.63, 3.8) is 0 Å². The first kappa shape index (κ1) is 8.02. The van der Waals surface area contributed by atoms with Crippen LogP contribution in [0, 0.1) is 5.92 Å². The van der Waals surface area contributed by atoms with Crippen LogP contribution >= 0.6 is 0 Å². The lowest BCUT2D eigenvalue weighted by Gasteiger charge is -2.26.